The summed E-state index contributed by atoms with van der Waals surface area (Å²) in [5, 5.41) is 2.37. The van der Waals surface area contributed by atoms with Crippen LogP contribution in [0.4, 0.5) is 5.82 Å². The van der Waals surface area contributed by atoms with Crippen molar-refractivity contribution in [2.45, 2.75) is 26.9 Å². The van der Waals surface area contributed by atoms with E-state index in [0.29, 0.717) is 23.4 Å². The van der Waals surface area contributed by atoms with Gasteiger partial charge in [0.05, 0.1) is 11.6 Å². The summed E-state index contributed by atoms with van der Waals surface area (Å²) in [5.74, 6) is 1.03. The maximum atomic E-state index is 13.3. The topological polar surface area (TPSA) is 55.3 Å². The third-order valence-electron chi connectivity index (χ3n) is 6.42. The number of aryl methyl sites for hydroxylation is 1. The Morgan fingerprint density at radius 1 is 1.15 bits per heavy atom. The normalized spacial score (nSPS) is 17.0. The van der Waals surface area contributed by atoms with Crippen molar-refractivity contribution in [1.29, 1.82) is 0 Å². The Labute approximate surface area is 204 Å². The van der Waals surface area contributed by atoms with Crippen molar-refractivity contribution in [3.8, 4) is 11.1 Å². The molecule has 6 heteroatoms. The second-order valence-electron chi connectivity index (χ2n) is 8.96. The highest BCUT2D eigenvalue weighted by Crippen LogP contribution is 2.40. The average Bonchev–Trinajstić information content (AvgIpc) is 3.58. The van der Waals surface area contributed by atoms with E-state index in [9.17, 15) is 4.79 Å². The van der Waals surface area contributed by atoms with Gasteiger partial charge in [-0.05, 0) is 65.6 Å². The average molecular weight is 472 g/mol. The van der Waals surface area contributed by atoms with Crippen LogP contribution in [0, 0.1) is 18.8 Å². The predicted molar refractivity (Wildman–Crippen MR) is 136 cm³/mol. The number of fused-ring (bicyclic) bond motifs is 1. The number of pyridine rings is 2. The van der Waals surface area contributed by atoms with Crippen LogP contribution in [0.1, 0.15) is 24.5 Å². The highest BCUT2D eigenvalue weighted by Gasteiger charge is 2.42. The third kappa shape index (κ3) is 4.67. The van der Waals surface area contributed by atoms with Gasteiger partial charge in [-0.3, -0.25) is 14.7 Å². The maximum Gasteiger partial charge on any atom is 0.233 e. The molecule has 5 nitrogen and oxygen atoms in total. The summed E-state index contributed by atoms with van der Waals surface area (Å²) in [4.78, 5) is 23.8. The van der Waals surface area contributed by atoms with Gasteiger partial charge in [-0.25, -0.2) is 4.98 Å². The molecule has 2 aromatic carbocycles. The number of aromatic nitrogens is 2. The Morgan fingerprint density at radius 2 is 1.94 bits per heavy atom. The van der Waals surface area contributed by atoms with Gasteiger partial charge in [-0.15, -0.1) is 0 Å². The number of rotatable bonds is 7. The van der Waals surface area contributed by atoms with Gasteiger partial charge < -0.3 is 4.74 Å². The number of nitrogens with zero attached hydrogens (tertiary/aromatic N) is 3. The Bertz CT molecular complexity index is 1340. The van der Waals surface area contributed by atoms with Crippen LogP contribution in [0.3, 0.4) is 0 Å². The number of benzene rings is 2. The number of carbonyl (C=O) groups excluding carboxylic acids is 1. The van der Waals surface area contributed by atoms with E-state index in [2.05, 4.69) is 23.0 Å². The van der Waals surface area contributed by atoms with Crippen LogP contribution in [-0.2, 0) is 16.1 Å². The van der Waals surface area contributed by atoms with Crippen molar-refractivity contribution in [2.24, 2.45) is 11.8 Å². The molecule has 2 unspecified atom stereocenters. The lowest BCUT2D eigenvalue weighted by Gasteiger charge is -2.22. The zero-order valence-corrected chi connectivity index (χ0v) is 20.0. The van der Waals surface area contributed by atoms with Gasteiger partial charge in [0.25, 0.3) is 0 Å². The third-order valence-corrected chi connectivity index (χ3v) is 6.74. The molecule has 0 spiro atoms. The fourth-order valence-corrected chi connectivity index (χ4v) is 4.48. The zero-order valence-electron chi connectivity index (χ0n) is 19.2. The van der Waals surface area contributed by atoms with E-state index in [-0.39, 0.29) is 18.6 Å². The molecule has 172 valence electrons. The molecule has 1 saturated carbocycles. The van der Waals surface area contributed by atoms with Crippen LogP contribution >= 0.6 is 11.6 Å². The summed E-state index contributed by atoms with van der Waals surface area (Å²) in [7, 11) is 0. The number of hydrogen-bond donors (Lipinski definition) is 0. The lowest BCUT2D eigenvalue weighted by atomic mass is 10.00. The van der Waals surface area contributed by atoms with E-state index in [1.807, 2.05) is 61.7 Å². The van der Waals surface area contributed by atoms with Crippen LogP contribution in [0.2, 0.25) is 5.02 Å². The zero-order chi connectivity index (χ0) is 23.7. The first-order chi connectivity index (χ1) is 16.5. The fraction of sp³-hybridized carbons (Fsp3) is 0.250. The molecule has 34 heavy (non-hydrogen) atoms. The molecule has 1 aliphatic rings. The van der Waals surface area contributed by atoms with Crippen molar-refractivity contribution in [2.75, 3.05) is 11.6 Å². The Hall–Kier alpha value is -3.28. The summed E-state index contributed by atoms with van der Waals surface area (Å²) in [6, 6.07) is 17.9. The molecule has 5 rings (SSSR count). The lowest BCUT2D eigenvalue weighted by molar-refractivity contribution is -0.121. The van der Waals surface area contributed by atoms with Gasteiger partial charge >= 0.3 is 0 Å². The second-order valence-corrected chi connectivity index (χ2v) is 9.37. The van der Waals surface area contributed by atoms with E-state index in [4.69, 9.17) is 16.3 Å². The van der Waals surface area contributed by atoms with Gasteiger partial charge in [0.2, 0.25) is 5.91 Å². The molecule has 0 saturated heterocycles. The van der Waals surface area contributed by atoms with E-state index in [0.717, 1.165) is 39.4 Å². The lowest BCUT2D eigenvalue weighted by Crippen LogP contribution is -2.35. The van der Waals surface area contributed by atoms with Gasteiger partial charge in [0.1, 0.15) is 12.5 Å². The van der Waals surface area contributed by atoms with Crippen LogP contribution < -0.4 is 4.90 Å². The number of carbonyl (C=O) groups is 1. The molecule has 1 aliphatic carbocycles. The first-order valence-corrected chi connectivity index (χ1v) is 11.8. The molecular formula is C28H26ClN3O2. The molecule has 0 N–H and O–H groups in total. The van der Waals surface area contributed by atoms with Crippen molar-refractivity contribution >= 4 is 34.1 Å². The molecule has 2 aromatic heterocycles. The molecular weight excluding hydrogens is 446 g/mol. The number of halogens is 1. The van der Waals surface area contributed by atoms with Crippen LogP contribution in [0.25, 0.3) is 21.9 Å². The maximum absolute atomic E-state index is 13.3. The molecule has 1 fully saturated rings. The summed E-state index contributed by atoms with van der Waals surface area (Å²) in [6.07, 6.45) is 6.26. The van der Waals surface area contributed by atoms with Gasteiger partial charge in [-0.2, -0.15) is 0 Å². The molecule has 2 heterocycles. The first kappa shape index (κ1) is 22.5. The fourth-order valence-electron chi connectivity index (χ4n) is 4.21. The first-order valence-electron chi connectivity index (χ1n) is 11.4. The Balaban J connectivity index is 1.47. The summed E-state index contributed by atoms with van der Waals surface area (Å²) in [5.41, 5.74) is 4.18. The van der Waals surface area contributed by atoms with Gasteiger partial charge in [-0.1, -0.05) is 48.9 Å². The number of ether oxygens (including phenoxy) is 1. The molecule has 0 bridgehead atoms. The molecule has 2 atom stereocenters. The Kier molecular flexibility index (Phi) is 6.31. The summed E-state index contributed by atoms with van der Waals surface area (Å²) in [6.45, 7) is 4.72. The highest BCUT2D eigenvalue weighted by molar-refractivity contribution is 6.36. The second kappa shape index (κ2) is 9.53. The number of amides is 1. The quantitative estimate of drug-likeness (QED) is 0.292. The molecule has 4 aromatic rings. The van der Waals surface area contributed by atoms with Crippen LogP contribution in [0.5, 0.6) is 0 Å². The monoisotopic (exact) mass is 471 g/mol. The van der Waals surface area contributed by atoms with Crippen LogP contribution in [0.15, 0.2) is 73.2 Å². The number of hydrogen-bond acceptors (Lipinski definition) is 4. The largest absolute Gasteiger partial charge is 0.356 e. The minimum Gasteiger partial charge on any atom is -0.356 e. The van der Waals surface area contributed by atoms with Crippen molar-refractivity contribution in [1.82, 2.24) is 9.97 Å². The van der Waals surface area contributed by atoms with Crippen molar-refractivity contribution in [3.63, 3.8) is 0 Å². The van der Waals surface area contributed by atoms with Crippen LogP contribution in [-0.4, -0.2) is 22.6 Å². The Morgan fingerprint density at radius 3 is 2.68 bits per heavy atom. The predicted octanol–water partition coefficient (Wildman–Crippen LogP) is 6.42. The van der Waals surface area contributed by atoms with Crippen molar-refractivity contribution < 1.29 is 9.53 Å². The summed E-state index contributed by atoms with van der Waals surface area (Å²) < 4.78 is 5.95. The molecule has 1 amide bonds. The van der Waals surface area contributed by atoms with Gasteiger partial charge in [0.15, 0.2) is 0 Å². The van der Waals surface area contributed by atoms with Gasteiger partial charge in [0, 0.05) is 35.5 Å². The minimum absolute atomic E-state index is 0.0192. The van der Waals surface area contributed by atoms with E-state index in [1.165, 1.54) is 0 Å². The SMILES string of the molecule is Cc1ccncc1-c1cc(Cl)c2cnc(N(COCc3ccccc3)C(=O)C3CC3C)cc2c1. The van der Waals surface area contributed by atoms with E-state index >= 15 is 0 Å². The molecule has 0 radical (unpaired) electrons. The smallest absolute Gasteiger partial charge is 0.233 e. The number of anilines is 1. The van der Waals surface area contributed by atoms with E-state index in [1.54, 1.807) is 17.3 Å². The minimum atomic E-state index is 0.0192. The highest BCUT2D eigenvalue weighted by atomic mass is 35.5. The molecule has 0 aliphatic heterocycles. The summed E-state index contributed by atoms with van der Waals surface area (Å²) >= 11 is 6.62. The van der Waals surface area contributed by atoms with Crippen molar-refractivity contribution in [3.05, 3.63) is 89.3 Å². The standard InChI is InChI=1S/C28H26ClN3O2/c1-18-8-9-30-14-24(18)21-11-22-13-27(31-15-25(22)26(29)12-21)32(28(33)23-10-19(23)2)17-34-16-20-6-4-3-5-7-20/h3-9,11-15,19,23H,10,16-17H2,1-2H3. The van der Waals surface area contributed by atoms with E-state index < -0.39 is 0 Å².